The minimum Gasteiger partial charge on any atom is -0.485 e. The lowest BCUT2D eigenvalue weighted by molar-refractivity contribution is 0.0921. The molecule has 0 saturated carbocycles. The zero-order valence-electron chi connectivity index (χ0n) is 9.70. The first kappa shape index (κ1) is 13.1. The van der Waals surface area contributed by atoms with Gasteiger partial charge in [-0.15, -0.1) is 0 Å². The Balaban J connectivity index is 2.02. The van der Waals surface area contributed by atoms with E-state index in [1.807, 2.05) is 0 Å². The van der Waals surface area contributed by atoms with E-state index in [4.69, 9.17) is 4.74 Å². The molecule has 0 aliphatic heterocycles. The van der Waals surface area contributed by atoms with Crippen molar-refractivity contribution in [1.29, 1.82) is 0 Å². The van der Waals surface area contributed by atoms with E-state index >= 15 is 0 Å². The van der Waals surface area contributed by atoms with Gasteiger partial charge in [0.1, 0.15) is 23.2 Å². The molecule has 0 spiro atoms. The maximum absolute atomic E-state index is 12.9. The van der Waals surface area contributed by atoms with Crippen molar-refractivity contribution in [3.63, 3.8) is 0 Å². The van der Waals surface area contributed by atoms with Gasteiger partial charge in [0.05, 0.1) is 0 Å². The highest BCUT2D eigenvalue weighted by atomic mass is 19.1. The number of Topliss-reactive ketones (excluding diaryl/α,β-unsaturated/α-hetero) is 1. The molecule has 0 unspecified atom stereocenters. The molecule has 2 aromatic carbocycles. The number of carbonyl (C=O) groups is 1. The van der Waals surface area contributed by atoms with Crippen molar-refractivity contribution in [1.82, 2.24) is 0 Å². The molecule has 0 bridgehead atoms. The lowest BCUT2D eigenvalue weighted by Crippen LogP contribution is -2.11. The van der Waals surface area contributed by atoms with Crippen LogP contribution in [-0.4, -0.2) is 12.4 Å². The van der Waals surface area contributed by atoms with E-state index in [0.29, 0.717) is 6.07 Å². The summed E-state index contributed by atoms with van der Waals surface area (Å²) in [6.45, 7) is -0.380. The second-order valence-electron chi connectivity index (χ2n) is 3.82. The predicted molar refractivity (Wildman–Crippen MR) is 62.6 cm³/mol. The lowest BCUT2D eigenvalue weighted by atomic mass is 10.1. The second kappa shape index (κ2) is 5.56. The zero-order valence-corrected chi connectivity index (χ0v) is 9.70. The minimum atomic E-state index is -0.788. The van der Waals surface area contributed by atoms with E-state index in [-0.39, 0.29) is 17.9 Å². The van der Waals surface area contributed by atoms with Gasteiger partial charge < -0.3 is 4.74 Å². The van der Waals surface area contributed by atoms with Crippen molar-refractivity contribution in [3.05, 3.63) is 65.5 Å². The van der Waals surface area contributed by atoms with Gasteiger partial charge in [0, 0.05) is 23.8 Å². The summed E-state index contributed by atoms with van der Waals surface area (Å²) < 4.78 is 43.4. The number of ketones is 1. The van der Waals surface area contributed by atoms with Crippen LogP contribution in [0, 0.1) is 17.5 Å². The fourth-order valence-corrected chi connectivity index (χ4v) is 1.48. The van der Waals surface area contributed by atoms with E-state index in [1.165, 1.54) is 12.1 Å². The zero-order chi connectivity index (χ0) is 13.8. The van der Waals surface area contributed by atoms with Crippen molar-refractivity contribution in [2.24, 2.45) is 0 Å². The first-order valence-electron chi connectivity index (χ1n) is 5.42. The molecule has 0 fully saturated rings. The molecule has 0 N–H and O–H groups in total. The third-order valence-corrected chi connectivity index (χ3v) is 2.37. The average molecular weight is 266 g/mol. The molecule has 5 heteroatoms. The van der Waals surface area contributed by atoms with E-state index in [0.717, 1.165) is 24.3 Å². The first-order chi connectivity index (χ1) is 9.04. The molecule has 0 saturated heterocycles. The summed E-state index contributed by atoms with van der Waals surface area (Å²) in [6.07, 6.45) is 0. The number of carbonyl (C=O) groups excluding carboxylic acids is 1. The fraction of sp³-hybridized carbons (Fsp3) is 0.0714. The number of ether oxygens (including phenoxy) is 1. The molecule has 2 rings (SSSR count). The third-order valence-electron chi connectivity index (χ3n) is 2.37. The van der Waals surface area contributed by atoms with Gasteiger partial charge in [-0.1, -0.05) is 0 Å². The first-order valence-corrected chi connectivity index (χ1v) is 5.42. The Bertz CT molecular complexity index is 574. The molecule has 2 aromatic rings. The normalized spacial score (nSPS) is 10.3. The van der Waals surface area contributed by atoms with Crippen LogP contribution < -0.4 is 4.74 Å². The van der Waals surface area contributed by atoms with Gasteiger partial charge in [-0.25, -0.2) is 13.2 Å². The van der Waals surface area contributed by atoms with Crippen LogP contribution in [0.5, 0.6) is 5.75 Å². The molecule has 0 amide bonds. The summed E-state index contributed by atoms with van der Waals surface area (Å²) in [7, 11) is 0. The molecule has 0 aliphatic carbocycles. The van der Waals surface area contributed by atoms with Crippen molar-refractivity contribution >= 4 is 5.78 Å². The van der Waals surface area contributed by atoms with Gasteiger partial charge in [-0.3, -0.25) is 4.79 Å². The van der Waals surface area contributed by atoms with Crippen LogP contribution >= 0.6 is 0 Å². The summed E-state index contributed by atoms with van der Waals surface area (Å²) in [5.41, 5.74) is 0.262. The number of benzene rings is 2. The lowest BCUT2D eigenvalue weighted by Gasteiger charge is -2.06. The Morgan fingerprint density at radius 3 is 2.05 bits per heavy atom. The van der Waals surface area contributed by atoms with Crippen molar-refractivity contribution in [3.8, 4) is 5.75 Å². The standard InChI is InChI=1S/C14H9F3O2/c15-10-3-1-9(2-4-10)14(18)8-19-13-6-11(16)5-12(17)7-13/h1-7H,8H2. The average Bonchev–Trinajstić information content (AvgIpc) is 2.36. The van der Waals surface area contributed by atoms with E-state index in [1.54, 1.807) is 0 Å². The van der Waals surface area contributed by atoms with Gasteiger partial charge in [0.2, 0.25) is 0 Å². The number of hydrogen-bond donors (Lipinski definition) is 0. The van der Waals surface area contributed by atoms with Crippen molar-refractivity contribution < 1.29 is 22.7 Å². The van der Waals surface area contributed by atoms with Crippen LogP contribution in [0.3, 0.4) is 0 Å². The van der Waals surface area contributed by atoms with Crippen molar-refractivity contribution in [2.75, 3.05) is 6.61 Å². The van der Waals surface area contributed by atoms with Crippen LogP contribution in [0.25, 0.3) is 0 Å². The van der Waals surface area contributed by atoms with Crippen LogP contribution in [0.1, 0.15) is 10.4 Å². The fourth-order valence-electron chi connectivity index (χ4n) is 1.48. The highest BCUT2D eigenvalue weighted by Crippen LogP contribution is 2.15. The number of halogens is 3. The Morgan fingerprint density at radius 1 is 0.895 bits per heavy atom. The van der Waals surface area contributed by atoms with Gasteiger partial charge in [-0.05, 0) is 24.3 Å². The van der Waals surface area contributed by atoms with Crippen LogP contribution in [-0.2, 0) is 0 Å². The molecular weight excluding hydrogens is 257 g/mol. The van der Waals surface area contributed by atoms with E-state index in [9.17, 15) is 18.0 Å². The van der Waals surface area contributed by atoms with Crippen LogP contribution in [0.4, 0.5) is 13.2 Å². The monoisotopic (exact) mass is 266 g/mol. The van der Waals surface area contributed by atoms with Gasteiger partial charge in [0.15, 0.2) is 12.4 Å². The molecular formula is C14H9F3O2. The summed E-state index contributed by atoms with van der Waals surface area (Å²) in [4.78, 5) is 11.7. The number of rotatable bonds is 4. The molecule has 19 heavy (non-hydrogen) atoms. The Labute approximate surface area is 107 Å². The smallest absolute Gasteiger partial charge is 0.200 e. The molecule has 2 nitrogen and oxygen atoms in total. The van der Waals surface area contributed by atoms with Crippen LogP contribution in [0.2, 0.25) is 0 Å². The molecule has 0 aromatic heterocycles. The molecule has 0 aliphatic rings. The van der Waals surface area contributed by atoms with E-state index in [2.05, 4.69) is 0 Å². The van der Waals surface area contributed by atoms with Crippen LogP contribution in [0.15, 0.2) is 42.5 Å². The maximum atomic E-state index is 12.9. The largest absolute Gasteiger partial charge is 0.485 e. The SMILES string of the molecule is O=C(COc1cc(F)cc(F)c1)c1ccc(F)cc1. The summed E-state index contributed by atoms with van der Waals surface area (Å²) >= 11 is 0. The summed E-state index contributed by atoms with van der Waals surface area (Å²) in [5, 5.41) is 0. The Morgan fingerprint density at radius 2 is 1.47 bits per heavy atom. The molecule has 0 atom stereocenters. The van der Waals surface area contributed by atoms with Gasteiger partial charge in [-0.2, -0.15) is 0 Å². The topological polar surface area (TPSA) is 26.3 Å². The quantitative estimate of drug-likeness (QED) is 0.793. The van der Waals surface area contributed by atoms with Gasteiger partial charge >= 0.3 is 0 Å². The third kappa shape index (κ3) is 3.58. The highest BCUT2D eigenvalue weighted by Gasteiger charge is 2.08. The molecule has 0 radical (unpaired) electrons. The summed E-state index contributed by atoms with van der Waals surface area (Å²) in [6, 6.07) is 7.57. The Hall–Kier alpha value is -2.30. The van der Waals surface area contributed by atoms with Gasteiger partial charge in [0.25, 0.3) is 0 Å². The molecule has 0 heterocycles. The number of hydrogen-bond acceptors (Lipinski definition) is 2. The van der Waals surface area contributed by atoms with E-state index < -0.39 is 23.2 Å². The summed E-state index contributed by atoms with van der Waals surface area (Å²) in [5.74, 6) is -2.52. The maximum Gasteiger partial charge on any atom is 0.200 e. The Kier molecular flexibility index (Phi) is 3.85. The van der Waals surface area contributed by atoms with Crippen molar-refractivity contribution in [2.45, 2.75) is 0 Å². The predicted octanol–water partition coefficient (Wildman–Crippen LogP) is 3.37. The molecule has 98 valence electrons. The minimum absolute atomic E-state index is 0.0760. The second-order valence-corrected chi connectivity index (χ2v) is 3.82. The highest BCUT2D eigenvalue weighted by molar-refractivity contribution is 5.97.